The molecule has 2 fully saturated rings. The molecule has 0 aromatic heterocycles. The van der Waals surface area contributed by atoms with Crippen molar-refractivity contribution < 1.29 is 14.3 Å². The van der Waals surface area contributed by atoms with Crippen LogP contribution in [-0.2, 0) is 9.53 Å². The van der Waals surface area contributed by atoms with Crippen molar-refractivity contribution >= 4 is 23.8 Å². The molecule has 2 heterocycles. The SMILES string of the molecule is CC(C)(C)OC(=O)N1CCC(C(=O)NC2CCSCC2)C1. The van der Waals surface area contributed by atoms with Gasteiger partial charge in [0.2, 0.25) is 5.91 Å². The maximum Gasteiger partial charge on any atom is 0.410 e. The highest BCUT2D eigenvalue weighted by Crippen LogP contribution is 2.21. The number of hydrogen-bond acceptors (Lipinski definition) is 4. The summed E-state index contributed by atoms with van der Waals surface area (Å²) >= 11 is 1.95. The maximum atomic E-state index is 12.3. The predicted molar refractivity (Wildman–Crippen MR) is 84.4 cm³/mol. The molecule has 0 aromatic carbocycles. The monoisotopic (exact) mass is 314 g/mol. The Morgan fingerprint density at radius 1 is 1.19 bits per heavy atom. The summed E-state index contributed by atoms with van der Waals surface area (Å²) in [6.07, 6.45) is 2.52. The van der Waals surface area contributed by atoms with Gasteiger partial charge >= 0.3 is 6.09 Å². The highest BCUT2D eigenvalue weighted by Gasteiger charge is 2.34. The number of rotatable bonds is 2. The molecule has 1 unspecified atom stereocenters. The van der Waals surface area contributed by atoms with Crippen LogP contribution in [0.25, 0.3) is 0 Å². The quantitative estimate of drug-likeness (QED) is 0.849. The van der Waals surface area contributed by atoms with Crippen LogP contribution >= 0.6 is 11.8 Å². The summed E-state index contributed by atoms with van der Waals surface area (Å²) in [6, 6.07) is 0.314. The van der Waals surface area contributed by atoms with E-state index in [9.17, 15) is 9.59 Å². The Balaban J connectivity index is 1.78. The van der Waals surface area contributed by atoms with Crippen LogP contribution in [0.4, 0.5) is 4.79 Å². The second kappa shape index (κ2) is 6.90. The van der Waals surface area contributed by atoms with Gasteiger partial charge in [-0.3, -0.25) is 4.79 Å². The summed E-state index contributed by atoms with van der Waals surface area (Å²) < 4.78 is 5.35. The van der Waals surface area contributed by atoms with E-state index in [4.69, 9.17) is 4.74 Å². The fourth-order valence-corrected chi connectivity index (χ4v) is 3.73. The smallest absolute Gasteiger partial charge is 0.410 e. The summed E-state index contributed by atoms with van der Waals surface area (Å²) in [5.74, 6) is 2.25. The third-order valence-electron chi connectivity index (χ3n) is 3.78. The molecule has 1 atom stereocenters. The van der Waals surface area contributed by atoms with Gasteiger partial charge in [0, 0.05) is 19.1 Å². The molecule has 2 amide bonds. The van der Waals surface area contributed by atoms with Crippen molar-refractivity contribution in [3.8, 4) is 0 Å². The molecular formula is C15H26N2O3S. The van der Waals surface area contributed by atoms with Crippen LogP contribution in [0.2, 0.25) is 0 Å². The molecule has 0 aromatic rings. The Bertz CT molecular complexity index is 389. The van der Waals surface area contributed by atoms with Gasteiger partial charge in [-0.15, -0.1) is 0 Å². The van der Waals surface area contributed by atoms with Crippen LogP contribution in [0.5, 0.6) is 0 Å². The maximum absolute atomic E-state index is 12.3. The number of carbonyl (C=O) groups is 2. The van der Waals surface area contributed by atoms with Crippen LogP contribution in [0.1, 0.15) is 40.0 Å². The number of nitrogens with zero attached hydrogens (tertiary/aromatic N) is 1. The van der Waals surface area contributed by atoms with E-state index in [1.807, 2.05) is 32.5 Å². The molecule has 0 spiro atoms. The minimum Gasteiger partial charge on any atom is -0.444 e. The minimum atomic E-state index is -0.489. The molecule has 2 aliphatic rings. The van der Waals surface area contributed by atoms with E-state index in [2.05, 4.69) is 5.32 Å². The van der Waals surface area contributed by atoms with E-state index in [0.29, 0.717) is 19.1 Å². The van der Waals surface area contributed by atoms with Gasteiger partial charge in [0.05, 0.1) is 5.92 Å². The van der Waals surface area contributed by atoms with E-state index < -0.39 is 5.60 Å². The summed E-state index contributed by atoms with van der Waals surface area (Å²) in [5.41, 5.74) is -0.489. The Morgan fingerprint density at radius 2 is 1.86 bits per heavy atom. The number of hydrogen-bond donors (Lipinski definition) is 1. The largest absolute Gasteiger partial charge is 0.444 e. The summed E-state index contributed by atoms with van der Waals surface area (Å²) in [6.45, 7) is 6.64. The van der Waals surface area contributed by atoms with Crippen LogP contribution in [-0.4, -0.2) is 53.1 Å². The van der Waals surface area contributed by atoms with Crippen LogP contribution in [0.3, 0.4) is 0 Å². The Labute approximate surface area is 131 Å². The van der Waals surface area contributed by atoms with Crippen molar-refractivity contribution in [2.24, 2.45) is 5.92 Å². The normalized spacial score (nSPS) is 24.0. The number of nitrogens with one attached hydrogen (secondary N) is 1. The number of likely N-dealkylation sites (tertiary alicyclic amines) is 1. The highest BCUT2D eigenvalue weighted by atomic mass is 32.2. The molecule has 21 heavy (non-hydrogen) atoms. The van der Waals surface area contributed by atoms with Gasteiger partial charge < -0.3 is 15.0 Å². The van der Waals surface area contributed by atoms with Crippen molar-refractivity contribution in [2.45, 2.75) is 51.7 Å². The summed E-state index contributed by atoms with van der Waals surface area (Å²) in [7, 11) is 0. The molecule has 5 nitrogen and oxygen atoms in total. The number of carbonyl (C=O) groups excluding carboxylic acids is 2. The topological polar surface area (TPSA) is 58.6 Å². The molecule has 2 aliphatic heterocycles. The first kappa shape index (κ1) is 16.5. The van der Waals surface area contributed by atoms with Gasteiger partial charge in [0.1, 0.15) is 5.60 Å². The summed E-state index contributed by atoms with van der Waals surface area (Å²) in [4.78, 5) is 25.9. The van der Waals surface area contributed by atoms with Gasteiger partial charge in [0.15, 0.2) is 0 Å². The average molecular weight is 314 g/mol. The third kappa shape index (κ3) is 5.09. The van der Waals surface area contributed by atoms with E-state index >= 15 is 0 Å². The molecule has 2 rings (SSSR count). The van der Waals surface area contributed by atoms with Crippen molar-refractivity contribution in [2.75, 3.05) is 24.6 Å². The molecule has 1 N–H and O–H groups in total. The van der Waals surface area contributed by atoms with Crippen molar-refractivity contribution in [3.05, 3.63) is 0 Å². The first-order valence-electron chi connectivity index (χ1n) is 7.71. The van der Waals surface area contributed by atoms with Gasteiger partial charge in [-0.25, -0.2) is 4.79 Å². The molecule has 6 heteroatoms. The number of thioether (sulfide) groups is 1. The average Bonchev–Trinajstić information content (AvgIpc) is 2.87. The van der Waals surface area contributed by atoms with E-state index in [1.54, 1.807) is 4.90 Å². The third-order valence-corrected chi connectivity index (χ3v) is 4.83. The highest BCUT2D eigenvalue weighted by molar-refractivity contribution is 7.99. The minimum absolute atomic E-state index is 0.0907. The molecular weight excluding hydrogens is 288 g/mol. The summed E-state index contributed by atoms with van der Waals surface area (Å²) in [5, 5.41) is 3.14. The van der Waals surface area contributed by atoms with Crippen molar-refractivity contribution in [1.82, 2.24) is 10.2 Å². The molecule has 0 saturated carbocycles. The molecule has 0 bridgehead atoms. The van der Waals surface area contributed by atoms with Gasteiger partial charge in [-0.05, 0) is 51.5 Å². The Hall–Kier alpha value is -0.910. The molecule has 0 radical (unpaired) electrons. The van der Waals surface area contributed by atoms with Crippen LogP contribution in [0, 0.1) is 5.92 Å². The fraction of sp³-hybridized carbons (Fsp3) is 0.867. The van der Waals surface area contributed by atoms with E-state index in [-0.39, 0.29) is 17.9 Å². The molecule has 2 saturated heterocycles. The lowest BCUT2D eigenvalue weighted by Gasteiger charge is -2.25. The van der Waals surface area contributed by atoms with Gasteiger partial charge in [0.25, 0.3) is 0 Å². The standard InChI is InChI=1S/C15H26N2O3S/c1-15(2,3)20-14(19)17-7-4-11(10-17)13(18)16-12-5-8-21-9-6-12/h11-12H,4-10H2,1-3H3,(H,16,18). The predicted octanol–water partition coefficient (Wildman–Crippen LogP) is 2.26. The second-order valence-electron chi connectivity index (χ2n) is 6.81. The van der Waals surface area contributed by atoms with E-state index in [0.717, 1.165) is 30.8 Å². The van der Waals surface area contributed by atoms with Crippen molar-refractivity contribution in [3.63, 3.8) is 0 Å². The van der Waals surface area contributed by atoms with Gasteiger partial charge in [-0.1, -0.05) is 0 Å². The zero-order valence-electron chi connectivity index (χ0n) is 13.2. The van der Waals surface area contributed by atoms with E-state index in [1.165, 1.54) is 0 Å². The lowest BCUT2D eigenvalue weighted by Crippen LogP contribution is -2.42. The Kier molecular flexibility index (Phi) is 5.41. The Morgan fingerprint density at radius 3 is 2.48 bits per heavy atom. The lowest BCUT2D eigenvalue weighted by molar-refractivity contribution is -0.125. The lowest BCUT2D eigenvalue weighted by atomic mass is 10.1. The second-order valence-corrected chi connectivity index (χ2v) is 8.03. The fourth-order valence-electron chi connectivity index (χ4n) is 2.63. The molecule has 120 valence electrons. The van der Waals surface area contributed by atoms with Crippen molar-refractivity contribution in [1.29, 1.82) is 0 Å². The van der Waals surface area contributed by atoms with Crippen LogP contribution < -0.4 is 5.32 Å². The zero-order valence-corrected chi connectivity index (χ0v) is 14.0. The number of ether oxygens (including phenoxy) is 1. The molecule has 0 aliphatic carbocycles. The first-order chi connectivity index (χ1) is 9.85. The van der Waals surface area contributed by atoms with Gasteiger partial charge in [-0.2, -0.15) is 11.8 Å². The van der Waals surface area contributed by atoms with Crippen LogP contribution in [0.15, 0.2) is 0 Å². The zero-order chi connectivity index (χ0) is 15.5. The first-order valence-corrected chi connectivity index (χ1v) is 8.86. The number of amides is 2.